The molecule has 0 fully saturated rings. The third kappa shape index (κ3) is 3.82. The molecule has 0 bridgehead atoms. The number of benzene rings is 2. The Labute approximate surface area is 130 Å². The number of nitrogens with two attached hydrogens (primary N) is 1. The lowest BCUT2D eigenvalue weighted by Gasteiger charge is -2.19. The third-order valence-electron chi connectivity index (χ3n) is 3.83. The smallest absolute Gasteiger partial charge is 0.145 e. The summed E-state index contributed by atoms with van der Waals surface area (Å²) in [5.41, 5.74) is 7.07. The summed E-state index contributed by atoms with van der Waals surface area (Å²) < 4.78 is 14.0. The fourth-order valence-electron chi connectivity index (χ4n) is 2.58. The Hall–Kier alpha value is -1.42. The number of hydrogen-bond donors (Lipinski definition) is 2. The third-order valence-corrected chi connectivity index (χ3v) is 4.12. The van der Waals surface area contributed by atoms with Crippen molar-refractivity contribution in [1.29, 1.82) is 0 Å². The van der Waals surface area contributed by atoms with Crippen LogP contribution in [-0.2, 0) is 12.8 Å². The van der Waals surface area contributed by atoms with Crippen molar-refractivity contribution in [2.75, 3.05) is 0 Å². The first kappa shape index (κ1) is 16.0. The van der Waals surface area contributed by atoms with Crippen molar-refractivity contribution in [2.45, 2.75) is 32.7 Å². The van der Waals surface area contributed by atoms with Crippen molar-refractivity contribution < 1.29 is 4.39 Å². The summed E-state index contributed by atoms with van der Waals surface area (Å²) in [4.78, 5) is 0. The number of hydrogen-bond acceptors (Lipinski definition) is 2. The Kier molecular flexibility index (Phi) is 5.34. The van der Waals surface area contributed by atoms with Gasteiger partial charge in [-0.1, -0.05) is 41.9 Å². The molecular weight excluding hydrogens is 287 g/mol. The van der Waals surface area contributed by atoms with Crippen LogP contribution in [0.3, 0.4) is 0 Å². The highest BCUT2D eigenvalue weighted by molar-refractivity contribution is 6.30. The highest BCUT2D eigenvalue weighted by Gasteiger charge is 2.15. The summed E-state index contributed by atoms with van der Waals surface area (Å²) >= 11 is 5.82. The lowest BCUT2D eigenvalue weighted by atomic mass is 9.93. The van der Waals surface area contributed by atoms with E-state index in [2.05, 4.69) is 31.4 Å². The van der Waals surface area contributed by atoms with Gasteiger partial charge >= 0.3 is 0 Å². The standard InChI is InChI=1S/C17H20ClFN2/c1-11-5-3-6-12(2)15(11)10-14(21-20)9-13-7-4-8-16(18)17(13)19/h3-8,14,21H,9-10,20H2,1-2H3. The minimum absolute atomic E-state index is 0.0437. The maximum Gasteiger partial charge on any atom is 0.145 e. The van der Waals surface area contributed by atoms with Gasteiger partial charge in [0.05, 0.1) is 5.02 Å². The van der Waals surface area contributed by atoms with Gasteiger partial charge in [0.15, 0.2) is 0 Å². The second-order valence-corrected chi connectivity index (χ2v) is 5.76. The van der Waals surface area contributed by atoms with Crippen LogP contribution >= 0.6 is 11.6 Å². The van der Waals surface area contributed by atoms with Crippen LogP contribution in [0.1, 0.15) is 22.3 Å². The summed E-state index contributed by atoms with van der Waals surface area (Å²) in [5, 5.41) is 0.148. The number of halogens is 2. The normalized spacial score (nSPS) is 12.4. The maximum atomic E-state index is 14.0. The van der Waals surface area contributed by atoms with Gasteiger partial charge in [-0.2, -0.15) is 0 Å². The van der Waals surface area contributed by atoms with Crippen molar-refractivity contribution in [1.82, 2.24) is 5.43 Å². The Morgan fingerprint density at radius 3 is 2.33 bits per heavy atom. The van der Waals surface area contributed by atoms with E-state index in [1.165, 1.54) is 16.7 Å². The van der Waals surface area contributed by atoms with Crippen LogP contribution < -0.4 is 11.3 Å². The molecule has 2 rings (SSSR count). The molecule has 2 aromatic carbocycles. The number of aryl methyl sites for hydroxylation is 2. The fraction of sp³-hybridized carbons (Fsp3) is 0.294. The molecule has 0 aliphatic heterocycles. The predicted molar refractivity (Wildman–Crippen MR) is 85.8 cm³/mol. The van der Waals surface area contributed by atoms with Crippen LogP contribution in [0.15, 0.2) is 36.4 Å². The molecule has 0 aliphatic rings. The summed E-state index contributed by atoms with van der Waals surface area (Å²) in [6, 6.07) is 11.2. The molecule has 112 valence electrons. The van der Waals surface area contributed by atoms with E-state index in [4.69, 9.17) is 17.4 Å². The van der Waals surface area contributed by atoms with Crippen LogP contribution in [0.25, 0.3) is 0 Å². The molecule has 0 amide bonds. The van der Waals surface area contributed by atoms with Gasteiger partial charge in [-0.05, 0) is 55.0 Å². The van der Waals surface area contributed by atoms with Gasteiger partial charge in [0.25, 0.3) is 0 Å². The van der Waals surface area contributed by atoms with Gasteiger partial charge in [0.1, 0.15) is 5.82 Å². The van der Waals surface area contributed by atoms with Gasteiger partial charge in [-0.3, -0.25) is 11.3 Å². The van der Waals surface area contributed by atoms with Gasteiger partial charge < -0.3 is 0 Å². The summed E-state index contributed by atoms with van der Waals surface area (Å²) in [6.07, 6.45) is 1.25. The van der Waals surface area contributed by atoms with E-state index < -0.39 is 0 Å². The molecule has 0 aliphatic carbocycles. The number of hydrazine groups is 1. The van der Waals surface area contributed by atoms with Crippen LogP contribution in [0.4, 0.5) is 4.39 Å². The van der Waals surface area contributed by atoms with E-state index in [9.17, 15) is 4.39 Å². The summed E-state index contributed by atoms with van der Waals surface area (Å²) in [6.45, 7) is 4.16. The minimum atomic E-state index is -0.360. The monoisotopic (exact) mass is 306 g/mol. The quantitative estimate of drug-likeness (QED) is 0.653. The zero-order valence-electron chi connectivity index (χ0n) is 12.3. The van der Waals surface area contributed by atoms with Crippen molar-refractivity contribution in [3.05, 3.63) is 69.5 Å². The van der Waals surface area contributed by atoms with Gasteiger partial charge in [0.2, 0.25) is 0 Å². The van der Waals surface area contributed by atoms with Crippen molar-refractivity contribution in [3.63, 3.8) is 0 Å². The molecule has 1 unspecified atom stereocenters. The molecule has 0 saturated carbocycles. The molecule has 0 saturated heterocycles. The molecule has 3 N–H and O–H groups in total. The van der Waals surface area contributed by atoms with E-state index in [-0.39, 0.29) is 16.9 Å². The molecule has 2 nitrogen and oxygen atoms in total. The first-order valence-corrected chi connectivity index (χ1v) is 7.34. The molecule has 1 atom stereocenters. The minimum Gasteiger partial charge on any atom is -0.271 e. The lowest BCUT2D eigenvalue weighted by Crippen LogP contribution is -2.39. The molecule has 0 heterocycles. The van der Waals surface area contributed by atoms with Gasteiger partial charge in [-0.25, -0.2) is 4.39 Å². The number of nitrogens with one attached hydrogen (secondary N) is 1. The zero-order valence-corrected chi connectivity index (χ0v) is 13.0. The van der Waals surface area contributed by atoms with Crippen LogP contribution in [-0.4, -0.2) is 6.04 Å². The van der Waals surface area contributed by atoms with E-state index >= 15 is 0 Å². The maximum absolute atomic E-state index is 14.0. The summed E-state index contributed by atoms with van der Waals surface area (Å²) in [7, 11) is 0. The zero-order chi connectivity index (χ0) is 15.4. The van der Waals surface area contributed by atoms with Gasteiger partial charge in [0, 0.05) is 6.04 Å². The highest BCUT2D eigenvalue weighted by atomic mass is 35.5. The van der Waals surface area contributed by atoms with Crippen molar-refractivity contribution in [2.24, 2.45) is 5.84 Å². The van der Waals surface area contributed by atoms with Crippen LogP contribution in [0, 0.1) is 19.7 Å². The topological polar surface area (TPSA) is 38.0 Å². The van der Waals surface area contributed by atoms with Gasteiger partial charge in [-0.15, -0.1) is 0 Å². The molecule has 0 spiro atoms. The SMILES string of the molecule is Cc1cccc(C)c1CC(Cc1cccc(Cl)c1F)NN. The second kappa shape index (κ2) is 7.03. The molecule has 4 heteroatoms. The Balaban J connectivity index is 2.19. The Morgan fingerprint density at radius 2 is 1.71 bits per heavy atom. The average molecular weight is 307 g/mol. The molecule has 2 aromatic rings. The van der Waals surface area contributed by atoms with Crippen molar-refractivity contribution in [3.8, 4) is 0 Å². The Bertz CT molecular complexity index is 608. The van der Waals surface area contributed by atoms with Crippen molar-refractivity contribution >= 4 is 11.6 Å². The van der Waals surface area contributed by atoms with Crippen LogP contribution in [0.2, 0.25) is 5.02 Å². The van der Waals surface area contributed by atoms with E-state index in [1.807, 2.05) is 6.07 Å². The first-order valence-electron chi connectivity index (χ1n) is 6.97. The highest BCUT2D eigenvalue weighted by Crippen LogP contribution is 2.21. The van der Waals surface area contributed by atoms with E-state index in [1.54, 1.807) is 18.2 Å². The summed E-state index contributed by atoms with van der Waals surface area (Å²) in [5.74, 6) is 5.29. The number of rotatable bonds is 5. The van der Waals surface area contributed by atoms with E-state index in [0.717, 1.165) is 6.42 Å². The predicted octanol–water partition coefficient (Wildman–Crippen LogP) is 3.71. The van der Waals surface area contributed by atoms with Crippen LogP contribution in [0.5, 0.6) is 0 Å². The second-order valence-electron chi connectivity index (χ2n) is 5.36. The molecule has 0 radical (unpaired) electrons. The van der Waals surface area contributed by atoms with E-state index in [0.29, 0.717) is 12.0 Å². The molecular formula is C17H20ClFN2. The first-order chi connectivity index (χ1) is 10.0. The molecule has 0 aromatic heterocycles. The lowest BCUT2D eigenvalue weighted by molar-refractivity contribution is 0.505. The Morgan fingerprint density at radius 1 is 1.10 bits per heavy atom. The fourth-order valence-corrected chi connectivity index (χ4v) is 2.77. The largest absolute Gasteiger partial charge is 0.271 e. The average Bonchev–Trinajstić information content (AvgIpc) is 2.46. The molecule has 21 heavy (non-hydrogen) atoms.